The summed E-state index contributed by atoms with van der Waals surface area (Å²) in [4.78, 5) is 29.0. The Kier molecular flexibility index (Phi) is 5.34. The van der Waals surface area contributed by atoms with Crippen molar-refractivity contribution < 1.29 is 14.3 Å². The van der Waals surface area contributed by atoms with Crippen molar-refractivity contribution in [1.29, 1.82) is 0 Å². The van der Waals surface area contributed by atoms with Gasteiger partial charge >= 0.3 is 5.97 Å². The summed E-state index contributed by atoms with van der Waals surface area (Å²) < 4.78 is 5.42. The van der Waals surface area contributed by atoms with Crippen LogP contribution < -0.4 is 10.1 Å². The molecule has 2 heterocycles. The Hall–Kier alpha value is -2.40. The third kappa shape index (κ3) is 3.66. The highest BCUT2D eigenvalue weighted by atomic mass is 35.5. The molecule has 1 aromatic heterocycles. The van der Waals surface area contributed by atoms with Gasteiger partial charge in [0, 0.05) is 23.9 Å². The van der Waals surface area contributed by atoms with Crippen LogP contribution in [0.5, 0.6) is 5.75 Å². The fourth-order valence-corrected chi connectivity index (χ4v) is 3.28. The summed E-state index contributed by atoms with van der Waals surface area (Å²) >= 11 is 6.03. The van der Waals surface area contributed by atoms with Gasteiger partial charge in [0.1, 0.15) is 11.8 Å². The number of aromatic nitrogens is 1. The van der Waals surface area contributed by atoms with E-state index in [9.17, 15) is 9.59 Å². The van der Waals surface area contributed by atoms with Crippen molar-refractivity contribution >= 4 is 23.5 Å². The van der Waals surface area contributed by atoms with E-state index in [-0.39, 0.29) is 16.5 Å². The summed E-state index contributed by atoms with van der Waals surface area (Å²) in [6.07, 6.45) is 5.64. The molecule has 25 heavy (non-hydrogen) atoms. The van der Waals surface area contributed by atoms with Crippen molar-refractivity contribution in [1.82, 2.24) is 10.3 Å². The second kappa shape index (κ2) is 7.66. The Balaban J connectivity index is 1.89. The van der Waals surface area contributed by atoms with Crippen LogP contribution in [-0.2, 0) is 4.79 Å². The van der Waals surface area contributed by atoms with Crippen molar-refractivity contribution in [3.05, 3.63) is 58.9 Å². The highest BCUT2D eigenvalue weighted by Crippen LogP contribution is 2.37. The summed E-state index contributed by atoms with van der Waals surface area (Å²) in [5, 5.41) is 3.05. The maximum Gasteiger partial charge on any atom is 0.334 e. The number of ether oxygens (including phenoxy) is 1. The lowest BCUT2D eigenvalue weighted by Crippen LogP contribution is -2.49. The summed E-state index contributed by atoms with van der Waals surface area (Å²) in [6.45, 7) is 2.09. The zero-order valence-corrected chi connectivity index (χ0v) is 14.6. The molecular formula is C19H19ClN2O3. The topological polar surface area (TPSA) is 68.3 Å². The van der Waals surface area contributed by atoms with Gasteiger partial charge in [-0.05, 0) is 18.6 Å². The molecular weight excluding hydrogens is 340 g/mol. The molecule has 0 aliphatic carbocycles. The van der Waals surface area contributed by atoms with E-state index in [1.807, 2.05) is 18.2 Å². The van der Waals surface area contributed by atoms with Crippen molar-refractivity contribution in [2.75, 3.05) is 0 Å². The van der Waals surface area contributed by atoms with Crippen LogP contribution in [-0.4, -0.2) is 22.9 Å². The zero-order chi connectivity index (χ0) is 17.8. The molecule has 1 aliphatic rings. The normalized spacial score (nSPS) is 19.0. The van der Waals surface area contributed by atoms with E-state index in [1.165, 1.54) is 18.5 Å². The Labute approximate surface area is 151 Å². The van der Waals surface area contributed by atoms with Gasteiger partial charge in [-0.1, -0.05) is 49.6 Å². The van der Waals surface area contributed by atoms with E-state index in [0.29, 0.717) is 5.75 Å². The molecule has 1 N–H and O–H groups in total. The van der Waals surface area contributed by atoms with Crippen LogP contribution in [0.25, 0.3) is 0 Å². The molecule has 1 aliphatic heterocycles. The number of carbonyl (C=O) groups excluding carboxylic acids is 2. The van der Waals surface area contributed by atoms with Gasteiger partial charge in [0.05, 0.1) is 10.6 Å². The van der Waals surface area contributed by atoms with Crippen molar-refractivity contribution in [2.24, 2.45) is 0 Å². The van der Waals surface area contributed by atoms with Gasteiger partial charge in [-0.25, -0.2) is 4.79 Å². The summed E-state index contributed by atoms with van der Waals surface area (Å²) in [5.74, 6) is -0.406. The van der Waals surface area contributed by atoms with Crippen LogP contribution in [0.3, 0.4) is 0 Å². The fraction of sp³-hybridized carbons (Fsp3) is 0.316. The van der Waals surface area contributed by atoms with Crippen LogP contribution in [0.2, 0.25) is 5.02 Å². The largest absolute Gasteiger partial charge is 0.425 e. The Morgan fingerprint density at radius 3 is 2.88 bits per heavy atom. The molecule has 0 saturated heterocycles. The molecule has 2 aromatic rings. The van der Waals surface area contributed by atoms with Crippen molar-refractivity contribution in [3.8, 4) is 5.75 Å². The maximum absolute atomic E-state index is 12.6. The van der Waals surface area contributed by atoms with Gasteiger partial charge in [-0.15, -0.1) is 0 Å². The van der Waals surface area contributed by atoms with Gasteiger partial charge in [0.15, 0.2) is 0 Å². The van der Waals surface area contributed by atoms with Crippen LogP contribution >= 0.6 is 11.6 Å². The number of benzene rings is 1. The molecule has 0 saturated carbocycles. The number of nitrogens with one attached hydrogen (secondary N) is 1. The highest BCUT2D eigenvalue weighted by Gasteiger charge is 2.38. The monoisotopic (exact) mass is 358 g/mol. The number of fused-ring (bicyclic) bond motifs is 1. The number of unbranched alkanes of at least 4 members (excludes halogenated alkanes) is 1. The molecule has 0 fully saturated rings. The number of rotatable bonds is 5. The third-order valence-electron chi connectivity index (χ3n) is 4.36. The number of hydrogen-bond donors (Lipinski definition) is 1. The Bertz CT molecular complexity index is 794. The van der Waals surface area contributed by atoms with E-state index in [1.54, 1.807) is 6.07 Å². The molecule has 1 amide bonds. The second-order valence-corrected chi connectivity index (χ2v) is 6.42. The lowest BCUT2D eigenvalue weighted by Gasteiger charge is -2.32. The quantitative estimate of drug-likeness (QED) is 0.653. The van der Waals surface area contributed by atoms with E-state index in [2.05, 4.69) is 17.2 Å². The van der Waals surface area contributed by atoms with Crippen LogP contribution in [0.1, 0.15) is 48.0 Å². The molecule has 2 atom stereocenters. The van der Waals surface area contributed by atoms with Gasteiger partial charge in [0.2, 0.25) is 0 Å². The first-order chi connectivity index (χ1) is 12.1. The Morgan fingerprint density at radius 1 is 1.32 bits per heavy atom. The number of para-hydroxylation sites is 1. The van der Waals surface area contributed by atoms with Crippen LogP contribution in [0.15, 0.2) is 42.7 Å². The predicted octanol–water partition coefficient (Wildman–Crippen LogP) is 3.73. The molecule has 6 heteroatoms. The van der Waals surface area contributed by atoms with Gasteiger partial charge in [0.25, 0.3) is 5.91 Å². The Morgan fingerprint density at radius 2 is 2.12 bits per heavy atom. The van der Waals surface area contributed by atoms with Gasteiger partial charge in [-0.2, -0.15) is 0 Å². The summed E-state index contributed by atoms with van der Waals surface area (Å²) in [6, 6.07) is 8.26. The number of esters is 1. The first kappa shape index (κ1) is 17.4. The lowest BCUT2D eigenvalue weighted by atomic mass is 9.84. The fourth-order valence-electron chi connectivity index (χ4n) is 3.08. The molecule has 5 nitrogen and oxygen atoms in total. The number of nitrogens with zero attached hydrogens (tertiary/aromatic N) is 1. The molecule has 130 valence electrons. The standard InChI is InChI=1S/C19H19ClN2O3/c1-2-3-6-13-12-7-4-5-8-16(12)25-19(24)17(13)22-18(23)14-9-10-21-11-15(14)20/h4-5,7-11,13,17H,2-3,6H2,1H3,(H,22,23). The van der Waals surface area contributed by atoms with Crippen LogP contribution in [0.4, 0.5) is 0 Å². The van der Waals surface area contributed by atoms with Gasteiger partial charge in [-0.3, -0.25) is 9.78 Å². The number of pyridine rings is 1. The average Bonchev–Trinajstić information content (AvgIpc) is 2.61. The zero-order valence-electron chi connectivity index (χ0n) is 13.9. The molecule has 0 bridgehead atoms. The van der Waals surface area contributed by atoms with Crippen LogP contribution in [0, 0.1) is 0 Å². The average molecular weight is 359 g/mol. The third-order valence-corrected chi connectivity index (χ3v) is 4.66. The highest BCUT2D eigenvalue weighted by molar-refractivity contribution is 6.33. The lowest BCUT2D eigenvalue weighted by molar-refractivity contribution is -0.138. The molecule has 0 radical (unpaired) electrons. The first-order valence-corrected chi connectivity index (χ1v) is 8.70. The molecule has 2 unspecified atom stereocenters. The number of amides is 1. The molecule has 0 spiro atoms. The van der Waals surface area contributed by atoms with Crippen molar-refractivity contribution in [2.45, 2.75) is 38.1 Å². The number of halogens is 1. The maximum atomic E-state index is 12.6. The van der Waals surface area contributed by atoms with E-state index >= 15 is 0 Å². The summed E-state index contributed by atoms with van der Waals surface area (Å²) in [7, 11) is 0. The van der Waals surface area contributed by atoms with Crippen molar-refractivity contribution in [3.63, 3.8) is 0 Å². The SMILES string of the molecule is CCCCC1c2ccccc2OC(=O)C1NC(=O)c1ccncc1Cl. The molecule has 1 aromatic carbocycles. The smallest absolute Gasteiger partial charge is 0.334 e. The number of carbonyl (C=O) groups is 2. The van der Waals surface area contributed by atoms with E-state index < -0.39 is 17.9 Å². The minimum Gasteiger partial charge on any atom is -0.425 e. The number of hydrogen-bond acceptors (Lipinski definition) is 4. The predicted molar refractivity (Wildman–Crippen MR) is 94.8 cm³/mol. The second-order valence-electron chi connectivity index (χ2n) is 6.01. The minimum absolute atomic E-state index is 0.123. The van der Waals surface area contributed by atoms with E-state index in [0.717, 1.165) is 24.8 Å². The first-order valence-electron chi connectivity index (χ1n) is 8.32. The summed E-state index contributed by atoms with van der Waals surface area (Å²) in [5.41, 5.74) is 1.24. The minimum atomic E-state index is -0.738. The van der Waals surface area contributed by atoms with E-state index in [4.69, 9.17) is 16.3 Å². The molecule has 3 rings (SSSR count). The van der Waals surface area contributed by atoms with Gasteiger partial charge < -0.3 is 10.1 Å².